The first-order valence-corrected chi connectivity index (χ1v) is 10.2. The van der Waals surface area contributed by atoms with Crippen molar-refractivity contribution in [2.24, 2.45) is 0 Å². The number of thiol groups is 1. The molecule has 10 heteroatoms. The van der Waals surface area contributed by atoms with E-state index in [0.29, 0.717) is 26.7 Å². The first kappa shape index (κ1) is 22.3. The van der Waals surface area contributed by atoms with Crippen molar-refractivity contribution in [1.82, 2.24) is 4.98 Å². The maximum absolute atomic E-state index is 13.5. The third kappa shape index (κ3) is 5.02. The van der Waals surface area contributed by atoms with Gasteiger partial charge in [-0.15, -0.1) is 0 Å². The van der Waals surface area contributed by atoms with Gasteiger partial charge in [-0.05, 0) is 42.3 Å². The molecule has 0 spiro atoms. The fourth-order valence-electron chi connectivity index (χ4n) is 3.09. The minimum atomic E-state index is -4.73. The Morgan fingerprint density at radius 1 is 1.00 bits per heavy atom. The van der Waals surface area contributed by atoms with Crippen LogP contribution < -0.4 is 9.62 Å². The van der Waals surface area contributed by atoms with Crippen LogP contribution in [0.1, 0.15) is 18.1 Å². The summed E-state index contributed by atoms with van der Waals surface area (Å²) < 4.78 is 65.4. The van der Waals surface area contributed by atoms with Crippen LogP contribution in [0.3, 0.4) is 0 Å². The van der Waals surface area contributed by atoms with Crippen molar-refractivity contribution in [1.29, 1.82) is 0 Å². The van der Waals surface area contributed by atoms with E-state index in [0.717, 1.165) is 12.1 Å². The van der Waals surface area contributed by atoms with Crippen molar-refractivity contribution < 1.29 is 26.4 Å². The number of anilines is 3. The number of aryl methyl sites for hydroxylation is 1. The van der Waals surface area contributed by atoms with Crippen LogP contribution in [0.15, 0.2) is 60.9 Å². The quantitative estimate of drug-likeness (QED) is 0.554. The average molecular weight is 449 g/mol. The van der Waals surface area contributed by atoms with Crippen LogP contribution in [0.4, 0.5) is 30.2 Å². The Labute approximate surface area is 178 Å². The molecule has 0 saturated carbocycles. The highest BCUT2D eigenvalue weighted by Gasteiger charge is 2.35. The van der Waals surface area contributed by atoms with Gasteiger partial charge in [-0.25, -0.2) is 12.7 Å². The molecule has 3 rings (SSSR count). The number of nitrogens with one attached hydrogen (secondary N) is 1. The zero-order valence-corrected chi connectivity index (χ0v) is 17.4. The molecule has 162 valence electrons. The average Bonchev–Trinajstić information content (AvgIpc) is 2.68. The number of amides is 1. The zero-order chi connectivity index (χ0) is 22.8. The molecule has 0 fully saturated rings. The smallest absolute Gasteiger partial charge is 0.325 e. The first-order chi connectivity index (χ1) is 14.6. The van der Waals surface area contributed by atoms with E-state index in [1.165, 1.54) is 37.5 Å². The summed E-state index contributed by atoms with van der Waals surface area (Å²) in [4.78, 5) is 15.3. The first-order valence-electron chi connectivity index (χ1n) is 9.02. The summed E-state index contributed by atoms with van der Waals surface area (Å²) in [5, 5.41) is 2.60. The molecule has 1 amide bonds. The van der Waals surface area contributed by atoms with Crippen LogP contribution in [0, 0.1) is 6.92 Å². The van der Waals surface area contributed by atoms with Gasteiger partial charge in [-0.3, -0.25) is 9.78 Å². The molecule has 1 heterocycles. The normalized spacial score (nSPS) is 11.4. The summed E-state index contributed by atoms with van der Waals surface area (Å²) in [6.07, 6.45) is -1.78. The monoisotopic (exact) mass is 449 g/mol. The van der Waals surface area contributed by atoms with Crippen LogP contribution in [0.5, 0.6) is 0 Å². The summed E-state index contributed by atoms with van der Waals surface area (Å²) in [5.41, 5.74) is 0.497. The van der Waals surface area contributed by atoms with Gasteiger partial charge in [0.05, 0.1) is 28.8 Å². The largest absolute Gasteiger partial charge is 0.418 e. The topological polar surface area (TPSA) is 79.4 Å². The van der Waals surface area contributed by atoms with Gasteiger partial charge in [0.1, 0.15) is 0 Å². The molecule has 0 bridgehead atoms. The number of alkyl halides is 3. The summed E-state index contributed by atoms with van der Waals surface area (Å²) in [5.74, 6) is -0.290. The Morgan fingerprint density at radius 3 is 2.35 bits per heavy atom. The Kier molecular flexibility index (Phi) is 6.30. The molecular formula is C21H18F3N3O3S. The van der Waals surface area contributed by atoms with Gasteiger partial charge in [-0.2, -0.15) is 13.2 Å². The Morgan fingerprint density at radius 2 is 1.71 bits per heavy atom. The molecule has 31 heavy (non-hydrogen) atoms. The number of carbonyl (C=O) groups excluding carboxylic acids is 1. The number of nitrogens with zero attached hydrogens (tertiary/aromatic N) is 2. The van der Waals surface area contributed by atoms with E-state index in [9.17, 15) is 26.4 Å². The number of aromatic nitrogens is 1. The second-order valence-electron chi connectivity index (χ2n) is 6.71. The van der Waals surface area contributed by atoms with Crippen molar-refractivity contribution in [3.05, 3.63) is 72.1 Å². The van der Waals surface area contributed by atoms with Crippen LogP contribution in [-0.2, 0) is 21.9 Å². The number of benzene rings is 2. The molecule has 1 N–H and O–H groups in total. The number of para-hydroxylation sites is 1. The molecule has 6 nitrogen and oxygen atoms in total. The summed E-state index contributed by atoms with van der Waals surface area (Å²) in [7, 11) is -3.43. The summed E-state index contributed by atoms with van der Waals surface area (Å²) in [6, 6.07) is 10.9. The molecule has 0 aliphatic heterocycles. The van der Waals surface area contributed by atoms with Crippen molar-refractivity contribution in [3.8, 4) is 11.1 Å². The van der Waals surface area contributed by atoms with Gasteiger partial charge in [-0.1, -0.05) is 24.3 Å². The number of hydrogen-bond acceptors (Lipinski definition) is 4. The van der Waals surface area contributed by atoms with Gasteiger partial charge in [0, 0.05) is 18.7 Å². The summed E-state index contributed by atoms with van der Waals surface area (Å²) in [6.45, 7) is 2.95. The van der Waals surface area contributed by atoms with Gasteiger partial charge in [0.15, 0.2) is 0 Å². The Hall–Kier alpha value is -3.40. The van der Waals surface area contributed by atoms with E-state index in [2.05, 4.69) is 10.3 Å². The van der Waals surface area contributed by atoms with Crippen molar-refractivity contribution in [2.45, 2.75) is 20.0 Å². The maximum atomic E-state index is 13.5. The predicted molar refractivity (Wildman–Crippen MR) is 113 cm³/mol. The Balaban J connectivity index is 2.16. The van der Waals surface area contributed by atoms with Crippen LogP contribution >= 0.6 is 0 Å². The number of hydrogen-bond donors (Lipinski definition) is 2. The maximum Gasteiger partial charge on any atom is 0.418 e. The van der Waals surface area contributed by atoms with Crippen LogP contribution in [-0.4, -0.2) is 19.3 Å². The number of rotatable bonds is 5. The van der Waals surface area contributed by atoms with Crippen molar-refractivity contribution in [2.75, 3.05) is 9.62 Å². The molecule has 0 atom stereocenters. The lowest BCUT2D eigenvalue weighted by molar-refractivity contribution is -0.137. The standard InChI is InChI=1S/C21H18F3N3O3S/c1-13-7-8-15(16-9-17(12-25-11-16)26-14(2)28)10-20(13)27(31(29)30)19-6-4-3-5-18(19)21(22,23)24/h3-12,31H,1-2H3,(H,26,28). The lowest BCUT2D eigenvalue weighted by atomic mass is 10.0. The minimum Gasteiger partial charge on any atom is -0.325 e. The van der Waals surface area contributed by atoms with E-state index in [1.807, 2.05) is 0 Å². The van der Waals surface area contributed by atoms with Gasteiger partial charge >= 0.3 is 6.18 Å². The molecule has 1 aromatic heterocycles. The van der Waals surface area contributed by atoms with Crippen molar-refractivity contribution in [3.63, 3.8) is 0 Å². The summed E-state index contributed by atoms with van der Waals surface area (Å²) >= 11 is 0. The molecule has 3 aromatic rings. The molecule has 0 saturated heterocycles. The van der Waals surface area contributed by atoms with Crippen LogP contribution in [0.25, 0.3) is 11.1 Å². The van der Waals surface area contributed by atoms with E-state index in [-0.39, 0.29) is 11.6 Å². The van der Waals surface area contributed by atoms with E-state index in [4.69, 9.17) is 0 Å². The second-order valence-corrected chi connectivity index (χ2v) is 7.58. The number of pyridine rings is 1. The number of carbonyl (C=O) groups is 1. The van der Waals surface area contributed by atoms with Gasteiger partial charge in [0.2, 0.25) is 16.8 Å². The fraction of sp³-hybridized carbons (Fsp3) is 0.143. The highest BCUT2D eigenvalue weighted by molar-refractivity contribution is 7.74. The highest BCUT2D eigenvalue weighted by atomic mass is 32.2. The third-order valence-electron chi connectivity index (χ3n) is 4.43. The second kappa shape index (κ2) is 8.76. The van der Waals surface area contributed by atoms with Crippen molar-refractivity contribution >= 4 is 33.9 Å². The van der Waals surface area contributed by atoms with Gasteiger partial charge < -0.3 is 5.32 Å². The predicted octanol–water partition coefficient (Wildman–Crippen LogP) is 4.70. The molecule has 0 radical (unpaired) electrons. The van der Waals surface area contributed by atoms with E-state index in [1.54, 1.807) is 25.1 Å². The Bertz CT molecular complexity index is 1200. The molecule has 0 unspecified atom stereocenters. The molecule has 0 aliphatic rings. The molecule has 0 aliphatic carbocycles. The molecular weight excluding hydrogens is 431 g/mol. The van der Waals surface area contributed by atoms with E-state index < -0.39 is 28.3 Å². The SMILES string of the molecule is CC(=O)Nc1cncc(-c2ccc(C)c(N(c3ccccc3C(F)(F)F)[SH](=O)=O)c2)c1. The highest BCUT2D eigenvalue weighted by Crippen LogP contribution is 2.41. The van der Waals surface area contributed by atoms with Crippen LogP contribution in [0.2, 0.25) is 0 Å². The van der Waals surface area contributed by atoms with E-state index >= 15 is 0 Å². The number of halogens is 3. The fourth-order valence-corrected chi connectivity index (χ4v) is 3.83. The minimum absolute atomic E-state index is 0.0789. The third-order valence-corrected chi connectivity index (χ3v) is 5.19. The lowest BCUT2D eigenvalue weighted by Gasteiger charge is -2.24. The lowest BCUT2D eigenvalue weighted by Crippen LogP contribution is -2.20. The zero-order valence-electron chi connectivity index (χ0n) is 16.5. The molecule has 2 aromatic carbocycles. The van der Waals surface area contributed by atoms with Gasteiger partial charge in [0.25, 0.3) is 0 Å².